The van der Waals surface area contributed by atoms with E-state index in [0.717, 1.165) is 11.1 Å². The van der Waals surface area contributed by atoms with E-state index in [9.17, 15) is 29.5 Å². The molecule has 1 aromatic rings. The van der Waals surface area contributed by atoms with Crippen molar-refractivity contribution in [1.82, 2.24) is 5.06 Å². The molecule has 7 nitrogen and oxygen atoms in total. The lowest BCUT2D eigenvalue weighted by molar-refractivity contribution is -0.173. The summed E-state index contributed by atoms with van der Waals surface area (Å²) < 4.78 is 0. The van der Waals surface area contributed by atoms with Crippen molar-refractivity contribution in [1.29, 1.82) is 0 Å². The Morgan fingerprint density at radius 1 is 1.03 bits per heavy atom. The quantitative estimate of drug-likeness (QED) is 0.313. The highest BCUT2D eigenvalue weighted by Gasteiger charge is 2.56. The maximum Gasteiger partial charge on any atom is 0.257 e. The molecule has 5 rings (SSSR count). The Hall–Kier alpha value is -3.32. The lowest BCUT2D eigenvalue weighted by Gasteiger charge is -2.42. The SMILES string of the molecule is CC1=CC(=O)C2=C(C1=O)[C@@H](c1ccc(O)c(C)c1)C1=CC[C@@H]3C(=O)N(O)C(=O)[C@@H]3[C@@H]1C2. The van der Waals surface area contributed by atoms with Gasteiger partial charge in [-0.15, -0.1) is 0 Å². The fraction of sp³-hybridized carbons (Fsp3) is 0.333. The molecular weight excluding hydrogens is 398 g/mol. The minimum atomic E-state index is -0.762. The first-order valence-corrected chi connectivity index (χ1v) is 10.3. The number of benzene rings is 1. The number of hydroxylamine groups is 2. The summed E-state index contributed by atoms with van der Waals surface area (Å²) in [6.45, 7) is 3.37. The minimum absolute atomic E-state index is 0.123. The van der Waals surface area contributed by atoms with Crippen LogP contribution in [-0.2, 0) is 19.2 Å². The van der Waals surface area contributed by atoms with Crippen LogP contribution in [0.25, 0.3) is 0 Å². The number of carbonyl (C=O) groups excluding carboxylic acids is 4. The molecule has 2 N–H and O–H groups in total. The van der Waals surface area contributed by atoms with Crippen molar-refractivity contribution in [3.8, 4) is 5.75 Å². The normalized spacial score (nSPS) is 30.1. The van der Waals surface area contributed by atoms with Crippen molar-refractivity contribution in [2.75, 3.05) is 0 Å². The Morgan fingerprint density at radius 2 is 1.77 bits per heavy atom. The summed E-state index contributed by atoms with van der Waals surface area (Å²) in [5.74, 6) is -4.06. The van der Waals surface area contributed by atoms with Gasteiger partial charge in [-0.1, -0.05) is 23.8 Å². The number of hydrogen-bond donors (Lipinski definition) is 2. The van der Waals surface area contributed by atoms with Crippen LogP contribution in [0.2, 0.25) is 0 Å². The summed E-state index contributed by atoms with van der Waals surface area (Å²) in [6.07, 6.45) is 3.68. The number of fused-ring (bicyclic) bond motifs is 3. The summed E-state index contributed by atoms with van der Waals surface area (Å²) in [6, 6.07) is 5.06. The molecule has 1 saturated heterocycles. The standard InChI is InChI=1S/C24H21NO6/c1-10-7-12(3-6-17(10)26)19-13-4-5-14-20(24(30)25(31)23(14)29)15(13)9-16-18(27)8-11(2)22(28)21(16)19/h3-4,6-8,14-15,19-20,26,31H,5,9H2,1-2H3/t14-,15+,19-,20-/m0/s1. The molecule has 158 valence electrons. The van der Waals surface area contributed by atoms with Crippen LogP contribution in [0.1, 0.15) is 36.8 Å². The Morgan fingerprint density at radius 3 is 2.48 bits per heavy atom. The Bertz CT molecular complexity index is 1190. The lowest BCUT2D eigenvalue weighted by Crippen LogP contribution is -2.39. The predicted molar refractivity (Wildman–Crippen MR) is 108 cm³/mol. The minimum Gasteiger partial charge on any atom is -0.508 e. The molecular formula is C24H21NO6. The molecule has 1 aliphatic heterocycles. The smallest absolute Gasteiger partial charge is 0.257 e. The number of carbonyl (C=O) groups is 4. The molecule has 0 spiro atoms. The van der Waals surface area contributed by atoms with Crippen LogP contribution in [-0.4, -0.2) is 38.8 Å². The molecule has 2 amide bonds. The van der Waals surface area contributed by atoms with Crippen LogP contribution in [0.15, 0.2) is 52.6 Å². The van der Waals surface area contributed by atoms with Crippen molar-refractivity contribution in [3.05, 3.63) is 63.8 Å². The molecule has 0 radical (unpaired) electrons. The van der Waals surface area contributed by atoms with E-state index in [-0.39, 0.29) is 35.2 Å². The van der Waals surface area contributed by atoms with Crippen molar-refractivity contribution >= 4 is 23.4 Å². The van der Waals surface area contributed by atoms with Crippen LogP contribution in [0.4, 0.5) is 0 Å². The molecule has 1 fully saturated rings. The number of rotatable bonds is 1. The molecule has 0 aromatic heterocycles. The zero-order valence-electron chi connectivity index (χ0n) is 17.1. The van der Waals surface area contributed by atoms with Gasteiger partial charge in [-0.2, -0.15) is 5.06 Å². The van der Waals surface area contributed by atoms with Gasteiger partial charge < -0.3 is 5.11 Å². The van der Waals surface area contributed by atoms with Gasteiger partial charge in [-0.3, -0.25) is 24.4 Å². The maximum atomic E-state index is 13.2. The summed E-state index contributed by atoms with van der Waals surface area (Å²) in [4.78, 5) is 51.2. The molecule has 0 saturated carbocycles. The third kappa shape index (κ3) is 2.63. The lowest BCUT2D eigenvalue weighted by atomic mass is 9.59. The Kier molecular flexibility index (Phi) is 4.17. The first kappa shape index (κ1) is 19.6. The number of hydrogen-bond acceptors (Lipinski definition) is 6. The number of phenolic OH excluding ortho intramolecular Hbond substituents is 1. The molecule has 0 unspecified atom stereocenters. The van der Waals surface area contributed by atoms with Crippen LogP contribution in [0, 0.1) is 24.7 Å². The van der Waals surface area contributed by atoms with Gasteiger partial charge in [0.1, 0.15) is 5.75 Å². The maximum absolute atomic E-state index is 13.2. The van der Waals surface area contributed by atoms with E-state index in [2.05, 4.69) is 0 Å². The monoisotopic (exact) mass is 419 g/mol. The molecule has 3 aliphatic carbocycles. The molecule has 4 aliphatic rings. The summed E-state index contributed by atoms with van der Waals surface area (Å²) >= 11 is 0. The van der Waals surface area contributed by atoms with E-state index in [1.807, 2.05) is 6.08 Å². The molecule has 7 heteroatoms. The first-order valence-electron chi connectivity index (χ1n) is 10.3. The average molecular weight is 419 g/mol. The summed E-state index contributed by atoms with van der Waals surface area (Å²) in [5.41, 5.74) is 3.33. The summed E-state index contributed by atoms with van der Waals surface area (Å²) in [7, 11) is 0. The van der Waals surface area contributed by atoms with Gasteiger partial charge in [0.15, 0.2) is 11.6 Å². The van der Waals surface area contributed by atoms with E-state index in [0.29, 0.717) is 22.3 Å². The second-order valence-corrected chi connectivity index (χ2v) is 8.76. The van der Waals surface area contributed by atoms with Gasteiger partial charge in [-0.05, 0) is 55.9 Å². The fourth-order valence-electron chi connectivity index (χ4n) is 5.58. The van der Waals surface area contributed by atoms with Gasteiger partial charge in [0, 0.05) is 22.6 Å². The van der Waals surface area contributed by atoms with E-state index < -0.39 is 35.5 Å². The van der Waals surface area contributed by atoms with Gasteiger partial charge in [0.25, 0.3) is 11.8 Å². The number of nitrogens with zero attached hydrogens (tertiary/aromatic N) is 1. The second-order valence-electron chi connectivity index (χ2n) is 8.76. The summed E-state index contributed by atoms with van der Waals surface area (Å²) in [5, 5.41) is 20.1. The molecule has 0 bridgehead atoms. The topological polar surface area (TPSA) is 112 Å². The number of aromatic hydroxyl groups is 1. The van der Waals surface area contributed by atoms with Crippen LogP contribution >= 0.6 is 0 Å². The van der Waals surface area contributed by atoms with Gasteiger partial charge >= 0.3 is 0 Å². The second kappa shape index (κ2) is 6.59. The number of Topliss-reactive ketones (excluding diaryl/α,β-unsaturated/α-hetero) is 1. The van der Waals surface area contributed by atoms with Crippen molar-refractivity contribution < 1.29 is 29.5 Å². The third-order valence-corrected chi connectivity index (χ3v) is 7.10. The number of aryl methyl sites for hydroxylation is 1. The van der Waals surface area contributed by atoms with E-state index in [1.165, 1.54) is 6.08 Å². The van der Waals surface area contributed by atoms with Crippen molar-refractivity contribution in [3.63, 3.8) is 0 Å². The van der Waals surface area contributed by atoms with Crippen LogP contribution in [0.3, 0.4) is 0 Å². The molecule has 31 heavy (non-hydrogen) atoms. The zero-order chi connectivity index (χ0) is 22.2. The van der Waals surface area contributed by atoms with Gasteiger partial charge in [0.2, 0.25) is 0 Å². The highest BCUT2D eigenvalue weighted by molar-refractivity contribution is 6.23. The van der Waals surface area contributed by atoms with Gasteiger partial charge in [-0.25, -0.2) is 0 Å². The largest absolute Gasteiger partial charge is 0.508 e. The number of amides is 2. The van der Waals surface area contributed by atoms with Crippen molar-refractivity contribution in [2.45, 2.75) is 32.6 Å². The highest BCUT2D eigenvalue weighted by Crippen LogP contribution is 2.55. The third-order valence-electron chi connectivity index (χ3n) is 7.10. The zero-order valence-corrected chi connectivity index (χ0v) is 17.1. The Labute approximate surface area is 178 Å². The van der Waals surface area contributed by atoms with E-state index >= 15 is 0 Å². The predicted octanol–water partition coefficient (Wildman–Crippen LogP) is 2.52. The molecule has 1 heterocycles. The highest BCUT2D eigenvalue weighted by atomic mass is 16.5. The number of imide groups is 1. The van der Waals surface area contributed by atoms with E-state index in [4.69, 9.17) is 0 Å². The fourth-order valence-corrected chi connectivity index (χ4v) is 5.58. The average Bonchev–Trinajstić information content (AvgIpc) is 2.97. The number of phenols is 1. The van der Waals surface area contributed by atoms with Crippen LogP contribution < -0.4 is 0 Å². The van der Waals surface area contributed by atoms with E-state index in [1.54, 1.807) is 32.0 Å². The van der Waals surface area contributed by atoms with Gasteiger partial charge in [0.05, 0.1) is 11.8 Å². The molecule has 4 atom stereocenters. The molecule has 1 aromatic carbocycles. The number of allylic oxidation sites excluding steroid dienone is 6. The number of ketones is 2. The van der Waals surface area contributed by atoms with Crippen molar-refractivity contribution in [2.24, 2.45) is 17.8 Å². The Balaban J connectivity index is 1.72. The first-order chi connectivity index (χ1) is 14.7. The van der Waals surface area contributed by atoms with Crippen LogP contribution in [0.5, 0.6) is 5.75 Å².